The van der Waals surface area contributed by atoms with Crippen LogP contribution in [0.25, 0.3) is 11.0 Å². The molecule has 0 N–H and O–H groups in total. The first kappa shape index (κ1) is 11.1. The van der Waals surface area contributed by atoms with Gasteiger partial charge in [0, 0.05) is 17.7 Å². The van der Waals surface area contributed by atoms with Crippen molar-refractivity contribution in [1.29, 1.82) is 0 Å². The quantitative estimate of drug-likeness (QED) is 0.712. The molecule has 0 unspecified atom stereocenters. The van der Waals surface area contributed by atoms with E-state index in [2.05, 4.69) is 4.98 Å². The van der Waals surface area contributed by atoms with Crippen molar-refractivity contribution in [3.8, 4) is 0 Å². The van der Waals surface area contributed by atoms with Gasteiger partial charge in [0.1, 0.15) is 0 Å². The molecule has 2 rings (SSSR count). The minimum Gasteiger partial charge on any atom is -0.309 e. The smallest absolute Gasteiger partial charge is 0.269 e. The summed E-state index contributed by atoms with van der Waals surface area (Å²) in [4.78, 5) is 15.1. The predicted molar refractivity (Wildman–Crippen MR) is 60.0 cm³/mol. The monoisotopic (exact) mass is 258 g/mol. The average Bonchev–Trinajstić information content (AvgIpc) is 2.22. The highest BCUT2D eigenvalue weighted by molar-refractivity contribution is 8.13. The van der Waals surface area contributed by atoms with Gasteiger partial charge in [-0.25, -0.2) is 13.4 Å². The SMILES string of the molecule is Cn1c(=O)cnc2cc(S(=O)(=O)Cl)ccc21. The standard InChI is InChI=1S/C9H7ClN2O3S/c1-12-8-3-2-6(16(10,14)15)4-7(8)11-5-9(12)13/h2-5H,1H3. The van der Waals surface area contributed by atoms with Gasteiger partial charge in [-0.2, -0.15) is 0 Å². The zero-order valence-electron chi connectivity index (χ0n) is 8.21. The normalized spacial score (nSPS) is 11.9. The first-order valence-corrected chi connectivity index (χ1v) is 6.61. The molecule has 1 aromatic carbocycles. The molecule has 0 spiro atoms. The predicted octanol–water partition coefficient (Wildman–Crippen LogP) is 0.861. The van der Waals surface area contributed by atoms with Gasteiger partial charge in [0.2, 0.25) is 0 Å². The summed E-state index contributed by atoms with van der Waals surface area (Å²) in [6, 6.07) is 4.17. The molecule has 0 radical (unpaired) electrons. The van der Waals surface area contributed by atoms with E-state index in [0.717, 1.165) is 6.20 Å². The molecule has 0 fully saturated rings. The van der Waals surface area contributed by atoms with Crippen LogP contribution in [0.1, 0.15) is 0 Å². The van der Waals surface area contributed by atoms with Crippen LogP contribution in [0.5, 0.6) is 0 Å². The van der Waals surface area contributed by atoms with Gasteiger partial charge in [-0.05, 0) is 18.2 Å². The van der Waals surface area contributed by atoms with Crippen LogP contribution in [0.15, 0.2) is 34.1 Å². The fourth-order valence-electron chi connectivity index (χ4n) is 1.37. The third-order valence-corrected chi connectivity index (χ3v) is 3.59. The lowest BCUT2D eigenvalue weighted by molar-refractivity contribution is 0.609. The van der Waals surface area contributed by atoms with Crippen molar-refractivity contribution in [1.82, 2.24) is 9.55 Å². The Bertz CT molecular complexity index is 721. The van der Waals surface area contributed by atoms with E-state index in [9.17, 15) is 13.2 Å². The minimum atomic E-state index is -3.77. The lowest BCUT2D eigenvalue weighted by Gasteiger charge is -2.04. The van der Waals surface area contributed by atoms with Crippen LogP contribution in [0.3, 0.4) is 0 Å². The van der Waals surface area contributed by atoms with Crippen LogP contribution in [-0.2, 0) is 16.1 Å². The van der Waals surface area contributed by atoms with Crippen LogP contribution in [0, 0.1) is 0 Å². The second-order valence-electron chi connectivity index (χ2n) is 3.24. The molecule has 5 nitrogen and oxygen atoms in total. The van der Waals surface area contributed by atoms with Crippen molar-refractivity contribution >= 4 is 30.8 Å². The first-order valence-electron chi connectivity index (χ1n) is 4.30. The second kappa shape index (κ2) is 3.57. The molecule has 1 heterocycles. The first-order chi connectivity index (χ1) is 7.39. The third-order valence-electron chi connectivity index (χ3n) is 2.23. The lowest BCUT2D eigenvalue weighted by atomic mass is 10.3. The number of hydrogen-bond donors (Lipinski definition) is 0. The summed E-state index contributed by atoms with van der Waals surface area (Å²) in [6.07, 6.45) is 1.13. The maximum atomic E-state index is 11.3. The molecular formula is C9H7ClN2O3S. The fourth-order valence-corrected chi connectivity index (χ4v) is 2.14. The summed E-state index contributed by atoms with van der Waals surface area (Å²) < 4.78 is 23.6. The molecule has 1 aromatic heterocycles. The number of aryl methyl sites for hydroxylation is 1. The minimum absolute atomic E-state index is 0.0344. The topological polar surface area (TPSA) is 69.0 Å². The summed E-state index contributed by atoms with van der Waals surface area (Å²) in [6.45, 7) is 0. The highest BCUT2D eigenvalue weighted by atomic mass is 35.7. The van der Waals surface area contributed by atoms with E-state index in [1.165, 1.54) is 22.8 Å². The van der Waals surface area contributed by atoms with E-state index in [0.29, 0.717) is 11.0 Å². The van der Waals surface area contributed by atoms with E-state index in [1.807, 2.05) is 0 Å². The van der Waals surface area contributed by atoms with E-state index in [1.54, 1.807) is 7.05 Å². The molecule has 16 heavy (non-hydrogen) atoms. The zero-order valence-corrected chi connectivity index (χ0v) is 9.79. The number of benzene rings is 1. The molecule has 84 valence electrons. The number of aromatic nitrogens is 2. The molecule has 0 amide bonds. The molecule has 0 saturated carbocycles. The van der Waals surface area contributed by atoms with Crippen LogP contribution in [-0.4, -0.2) is 18.0 Å². The van der Waals surface area contributed by atoms with Crippen molar-refractivity contribution in [3.05, 3.63) is 34.7 Å². The molecule has 0 aliphatic rings. The second-order valence-corrected chi connectivity index (χ2v) is 5.81. The maximum absolute atomic E-state index is 11.3. The van der Waals surface area contributed by atoms with Crippen LogP contribution in [0.4, 0.5) is 0 Å². The Kier molecular flexibility index (Phi) is 2.47. The Morgan fingerprint density at radius 2 is 2.06 bits per heavy atom. The molecule has 0 aliphatic carbocycles. The summed E-state index contributed by atoms with van der Waals surface area (Å²) in [5.74, 6) is 0. The van der Waals surface area contributed by atoms with Gasteiger partial charge >= 0.3 is 0 Å². The van der Waals surface area contributed by atoms with Gasteiger partial charge in [-0.3, -0.25) is 4.79 Å². The molecule has 0 atom stereocenters. The number of halogens is 1. The zero-order chi connectivity index (χ0) is 11.9. The van der Waals surface area contributed by atoms with E-state index >= 15 is 0 Å². The van der Waals surface area contributed by atoms with Crippen LogP contribution >= 0.6 is 10.7 Å². The van der Waals surface area contributed by atoms with Gasteiger partial charge < -0.3 is 4.57 Å². The maximum Gasteiger partial charge on any atom is 0.269 e. The number of nitrogens with zero attached hydrogens (tertiary/aromatic N) is 2. The number of rotatable bonds is 1. The van der Waals surface area contributed by atoms with Crippen LogP contribution < -0.4 is 5.56 Å². The lowest BCUT2D eigenvalue weighted by Crippen LogP contribution is -2.16. The van der Waals surface area contributed by atoms with Crippen molar-refractivity contribution < 1.29 is 8.42 Å². The Balaban J connectivity index is 2.85. The van der Waals surface area contributed by atoms with E-state index < -0.39 is 9.05 Å². The Morgan fingerprint density at radius 3 is 2.69 bits per heavy atom. The van der Waals surface area contributed by atoms with Crippen molar-refractivity contribution in [2.75, 3.05) is 0 Å². The Hall–Kier alpha value is -1.40. The summed E-state index contributed by atoms with van der Waals surface area (Å²) in [5.41, 5.74) is 0.703. The average molecular weight is 259 g/mol. The van der Waals surface area contributed by atoms with Gasteiger partial charge in [0.05, 0.1) is 22.1 Å². The summed E-state index contributed by atoms with van der Waals surface area (Å²) >= 11 is 0. The van der Waals surface area contributed by atoms with Crippen LogP contribution in [0.2, 0.25) is 0 Å². The van der Waals surface area contributed by atoms with Crippen molar-refractivity contribution in [2.24, 2.45) is 7.05 Å². The Morgan fingerprint density at radius 1 is 1.38 bits per heavy atom. The summed E-state index contributed by atoms with van der Waals surface area (Å²) in [7, 11) is 3.02. The van der Waals surface area contributed by atoms with Crippen molar-refractivity contribution in [3.63, 3.8) is 0 Å². The summed E-state index contributed by atoms with van der Waals surface area (Å²) in [5, 5.41) is 0. The third kappa shape index (κ3) is 1.81. The number of fused-ring (bicyclic) bond motifs is 1. The molecule has 0 bridgehead atoms. The van der Waals surface area contributed by atoms with Crippen molar-refractivity contribution in [2.45, 2.75) is 4.90 Å². The van der Waals surface area contributed by atoms with Gasteiger partial charge in [-0.1, -0.05) is 0 Å². The molecular weight excluding hydrogens is 252 g/mol. The molecule has 2 aromatic rings. The largest absolute Gasteiger partial charge is 0.309 e. The van der Waals surface area contributed by atoms with E-state index in [-0.39, 0.29) is 10.5 Å². The van der Waals surface area contributed by atoms with E-state index in [4.69, 9.17) is 10.7 Å². The van der Waals surface area contributed by atoms with Gasteiger partial charge in [0.15, 0.2) is 0 Å². The fraction of sp³-hybridized carbons (Fsp3) is 0.111. The highest BCUT2D eigenvalue weighted by Gasteiger charge is 2.11. The highest BCUT2D eigenvalue weighted by Crippen LogP contribution is 2.18. The Labute approximate surface area is 95.7 Å². The van der Waals surface area contributed by atoms with Gasteiger partial charge in [0.25, 0.3) is 14.6 Å². The molecule has 0 saturated heterocycles. The number of hydrogen-bond acceptors (Lipinski definition) is 4. The van der Waals surface area contributed by atoms with Gasteiger partial charge in [-0.15, -0.1) is 0 Å². The molecule has 0 aliphatic heterocycles. The molecule has 7 heteroatoms.